The fourth-order valence-corrected chi connectivity index (χ4v) is 3.05. The summed E-state index contributed by atoms with van der Waals surface area (Å²) < 4.78 is 0. The molecule has 1 spiro atoms. The molecule has 0 heterocycles. The Morgan fingerprint density at radius 3 is 1.83 bits per heavy atom. The van der Waals surface area contributed by atoms with E-state index in [0.717, 1.165) is 6.42 Å². The van der Waals surface area contributed by atoms with Gasteiger partial charge < -0.3 is 22.9 Å². The third kappa shape index (κ3) is 3.79. The molecular formula is C12H19NO4Pt. The number of carboxylic acids is 2. The zero-order valence-electron chi connectivity index (χ0n) is 10.1. The van der Waals surface area contributed by atoms with Gasteiger partial charge in [-0.15, -0.1) is 6.04 Å². The van der Waals surface area contributed by atoms with Crippen molar-refractivity contribution in [1.82, 2.24) is 0 Å². The minimum Gasteiger partial charge on any atom is -0.674 e. The second-order valence-corrected chi connectivity index (χ2v) is 4.88. The largest absolute Gasteiger partial charge is 2.00 e. The smallest absolute Gasteiger partial charge is 0.674 e. The van der Waals surface area contributed by atoms with Gasteiger partial charge in [0.15, 0.2) is 0 Å². The van der Waals surface area contributed by atoms with Crippen LogP contribution in [-0.2, 0) is 30.7 Å². The second kappa shape index (κ2) is 7.24. The first-order chi connectivity index (χ1) is 7.90. The quantitative estimate of drug-likeness (QED) is 0.450. The van der Waals surface area contributed by atoms with Gasteiger partial charge in [-0.1, -0.05) is 43.9 Å². The monoisotopic (exact) mass is 436 g/mol. The summed E-state index contributed by atoms with van der Waals surface area (Å²) in [5, 5.41) is 14.8. The Balaban J connectivity index is 0.000000362. The average molecular weight is 436 g/mol. The van der Waals surface area contributed by atoms with Crippen LogP contribution in [0.5, 0.6) is 0 Å². The molecule has 5 nitrogen and oxygen atoms in total. The van der Waals surface area contributed by atoms with Crippen LogP contribution in [0.15, 0.2) is 0 Å². The molecule has 3 N–H and O–H groups in total. The zero-order chi connectivity index (χ0) is 13.1. The molecule has 0 radical (unpaired) electrons. The molecule has 0 bridgehead atoms. The number of nitrogens with one attached hydrogen (secondary N) is 1. The van der Waals surface area contributed by atoms with E-state index in [2.05, 4.69) is 6.92 Å². The van der Waals surface area contributed by atoms with E-state index < -0.39 is 11.9 Å². The van der Waals surface area contributed by atoms with Crippen LogP contribution in [0.25, 0.3) is 5.73 Å². The SMILES string of the molecule is O=C(O)C(=O)O.[CH2-][C@@H]1CCC[C@@]12CCCC2[NH-].[Pt+2]. The van der Waals surface area contributed by atoms with Crippen molar-refractivity contribution >= 4 is 11.9 Å². The predicted molar refractivity (Wildman–Crippen MR) is 62.4 cm³/mol. The van der Waals surface area contributed by atoms with Crippen molar-refractivity contribution in [3.05, 3.63) is 12.7 Å². The molecule has 2 saturated carbocycles. The van der Waals surface area contributed by atoms with E-state index in [9.17, 15) is 0 Å². The van der Waals surface area contributed by atoms with Gasteiger partial charge >= 0.3 is 33.0 Å². The Morgan fingerprint density at radius 1 is 1.11 bits per heavy atom. The number of rotatable bonds is 0. The summed E-state index contributed by atoms with van der Waals surface area (Å²) in [5.41, 5.74) is 8.33. The predicted octanol–water partition coefficient (Wildman–Crippen LogP) is 2.36. The molecule has 3 atom stereocenters. The number of carbonyl (C=O) groups is 2. The molecule has 0 aromatic rings. The number of hydrogen-bond donors (Lipinski definition) is 2. The third-order valence-electron chi connectivity index (χ3n) is 4.02. The van der Waals surface area contributed by atoms with Gasteiger partial charge in [0, 0.05) is 0 Å². The van der Waals surface area contributed by atoms with Crippen molar-refractivity contribution in [3.63, 3.8) is 0 Å². The molecule has 2 aliphatic rings. The molecule has 0 saturated heterocycles. The van der Waals surface area contributed by atoms with Crippen LogP contribution < -0.4 is 0 Å². The van der Waals surface area contributed by atoms with Crippen molar-refractivity contribution in [2.45, 2.75) is 44.6 Å². The van der Waals surface area contributed by atoms with Crippen LogP contribution in [0.3, 0.4) is 0 Å². The molecule has 0 aromatic heterocycles. The van der Waals surface area contributed by atoms with Gasteiger partial charge in [0.25, 0.3) is 0 Å². The Labute approximate surface area is 121 Å². The maximum absolute atomic E-state index is 9.10. The third-order valence-corrected chi connectivity index (χ3v) is 4.02. The van der Waals surface area contributed by atoms with E-state index in [1.807, 2.05) is 0 Å². The van der Waals surface area contributed by atoms with Gasteiger partial charge in [0.2, 0.25) is 0 Å². The van der Waals surface area contributed by atoms with E-state index in [4.69, 9.17) is 25.5 Å². The molecule has 2 aliphatic carbocycles. The second-order valence-electron chi connectivity index (χ2n) is 4.88. The Hall–Kier alpha value is -0.412. The fourth-order valence-electron chi connectivity index (χ4n) is 3.05. The van der Waals surface area contributed by atoms with Crippen LogP contribution in [0, 0.1) is 18.3 Å². The Kier molecular flexibility index (Phi) is 7.08. The van der Waals surface area contributed by atoms with E-state index in [0.29, 0.717) is 11.3 Å². The first-order valence-electron chi connectivity index (χ1n) is 5.90. The summed E-state index contributed by atoms with van der Waals surface area (Å²) >= 11 is 0. The van der Waals surface area contributed by atoms with Crippen LogP contribution in [0.4, 0.5) is 0 Å². The summed E-state index contributed by atoms with van der Waals surface area (Å²) in [7, 11) is 0. The van der Waals surface area contributed by atoms with Gasteiger partial charge in [-0.2, -0.15) is 5.92 Å². The van der Waals surface area contributed by atoms with Crippen LogP contribution in [0.2, 0.25) is 0 Å². The first kappa shape index (κ1) is 17.6. The van der Waals surface area contributed by atoms with Gasteiger partial charge in [-0.25, -0.2) is 9.59 Å². The van der Waals surface area contributed by atoms with Crippen molar-refractivity contribution < 1.29 is 40.9 Å². The molecule has 1 unspecified atom stereocenters. The maximum Gasteiger partial charge on any atom is 2.00 e. The molecule has 0 amide bonds. The van der Waals surface area contributed by atoms with Gasteiger partial charge in [0.1, 0.15) is 0 Å². The number of carboxylic acid groups (broad SMARTS) is 2. The minimum atomic E-state index is -1.82. The molecule has 106 valence electrons. The van der Waals surface area contributed by atoms with E-state index in [1.54, 1.807) is 0 Å². The van der Waals surface area contributed by atoms with Gasteiger partial charge in [-0.3, -0.25) is 0 Å². The van der Waals surface area contributed by atoms with Gasteiger partial charge in [-0.05, 0) is 0 Å². The molecule has 2 rings (SSSR count). The Bertz CT molecular complexity index is 278. The van der Waals surface area contributed by atoms with Crippen LogP contribution in [-0.4, -0.2) is 28.2 Å². The van der Waals surface area contributed by atoms with Crippen molar-refractivity contribution in [2.75, 3.05) is 0 Å². The summed E-state index contributed by atoms with van der Waals surface area (Å²) in [6.45, 7) is 4.20. The molecule has 18 heavy (non-hydrogen) atoms. The van der Waals surface area contributed by atoms with Crippen molar-refractivity contribution in [2.24, 2.45) is 11.3 Å². The minimum absolute atomic E-state index is 0. The fraction of sp³-hybridized carbons (Fsp3) is 0.750. The standard InChI is InChI=1S/C10H17N.C2H2O4.Pt/c1-8-4-2-6-10(8)7-3-5-9(10)11;3-1(4)2(5)6;/h8-9,11H,1-7H2;(H,3,4)(H,5,6);/q-2;;+2/t8-,9?,10-;;/m1../s1. The molecule has 2 fully saturated rings. The van der Waals surface area contributed by atoms with E-state index in [-0.39, 0.29) is 27.1 Å². The van der Waals surface area contributed by atoms with E-state index >= 15 is 0 Å². The first-order valence-corrected chi connectivity index (χ1v) is 5.90. The van der Waals surface area contributed by atoms with Crippen LogP contribution >= 0.6 is 0 Å². The summed E-state index contributed by atoms with van der Waals surface area (Å²) in [6.07, 6.45) is 7.58. The normalized spacial score (nSPS) is 33.4. The maximum atomic E-state index is 9.10. The molecular weight excluding hydrogens is 417 g/mol. The molecule has 0 aliphatic heterocycles. The average Bonchev–Trinajstić information content (AvgIpc) is 2.78. The van der Waals surface area contributed by atoms with Gasteiger partial charge in [0.05, 0.1) is 0 Å². The number of aliphatic carboxylic acids is 2. The Morgan fingerprint density at radius 2 is 1.56 bits per heavy atom. The molecule has 6 heteroatoms. The van der Waals surface area contributed by atoms with E-state index in [1.165, 1.54) is 32.1 Å². The van der Waals surface area contributed by atoms with Crippen molar-refractivity contribution in [1.29, 1.82) is 0 Å². The van der Waals surface area contributed by atoms with Crippen LogP contribution in [0.1, 0.15) is 38.5 Å². The topological polar surface area (TPSA) is 98.4 Å². The summed E-state index contributed by atoms with van der Waals surface area (Å²) in [5.74, 6) is -3.06. The number of hydrogen-bond acceptors (Lipinski definition) is 2. The zero-order valence-corrected chi connectivity index (χ0v) is 12.4. The summed E-state index contributed by atoms with van der Waals surface area (Å²) in [4.78, 5) is 18.2. The summed E-state index contributed by atoms with van der Waals surface area (Å²) in [6, 6.07) is 0.215. The van der Waals surface area contributed by atoms with Crippen molar-refractivity contribution in [3.8, 4) is 0 Å². The molecule has 0 aromatic carbocycles.